The number of allylic oxidation sites excluding steroid dienone is 1. The van der Waals surface area contributed by atoms with Gasteiger partial charge in [0.15, 0.2) is 0 Å². The van der Waals surface area contributed by atoms with Crippen molar-refractivity contribution in [3.05, 3.63) is 101 Å². The zero-order valence-corrected chi connectivity index (χ0v) is 23.1. The van der Waals surface area contributed by atoms with Gasteiger partial charge in [-0.3, -0.25) is 0 Å². The Labute approximate surface area is 233 Å². The highest BCUT2D eigenvalue weighted by atomic mass is 19.1. The number of ether oxygens (including phenoxy) is 2. The highest BCUT2D eigenvalue weighted by molar-refractivity contribution is 5.85. The summed E-state index contributed by atoms with van der Waals surface area (Å²) in [7, 11) is 1.70. The molecular weight excluding hydrogens is 507 g/mol. The molecule has 4 aromatic rings. The third-order valence-corrected chi connectivity index (χ3v) is 6.63. The molecule has 2 heterocycles. The molecule has 1 aliphatic rings. The van der Waals surface area contributed by atoms with Gasteiger partial charge in [-0.2, -0.15) is 5.26 Å². The van der Waals surface area contributed by atoms with Crippen molar-refractivity contribution >= 4 is 22.7 Å². The summed E-state index contributed by atoms with van der Waals surface area (Å²) in [6.45, 7) is 6.58. The van der Waals surface area contributed by atoms with Crippen molar-refractivity contribution in [1.82, 2.24) is 14.5 Å². The van der Waals surface area contributed by atoms with Crippen molar-refractivity contribution in [2.24, 2.45) is 0 Å². The maximum Gasteiger partial charge on any atom is 0.410 e. The van der Waals surface area contributed by atoms with Crippen LogP contribution in [0.15, 0.2) is 66.7 Å². The number of imidazole rings is 1. The fourth-order valence-electron chi connectivity index (χ4n) is 4.86. The molecule has 1 aromatic heterocycles. The highest BCUT2D eigenvalue weighted by Gasteiger charge is 2.23. The number of nitrogens with zero attached hydrogens (tertiary/aromatic N) is 4. The predicted octanol–water partition coefficient (Wildman–Crippen LogP) is 6.83. The van der Waals surface area contributed by atoms with Gasteiger partial charge in [-0.1, -0.05) is 30.3 Å². The molecule has 0 fully saturated rings. The minimum atomic E-state index is -0.596. The van der Waals surface area contributed by atoms with E-state index in [2.05, 4.69) is 16.7 Å². The topological polar surface area (TPSA) is 80.4 Å². The van der Waals surface area contributed by atoms with Gasteiger partial charge in [0.1, 0.15) is 29.6 Å². The van der Waals surface area contributed by atoms with Gasteiger partial charge >= 0.3 is 6.09 Å². The molecule has 204 valence electrons. The second-order valence-electron chi connectivity index (χ2n) is 10.8. The Kier molecular flexibility index (Phi) is 7.31. The van der Waals surface area contributed by atoms with Crippen molar-refractivity contribution in [3.63, 3.8) is 0 Å². The Morgan fingerprint density at radius 2 is 1.95 bits per heavy atom. The smallest absolute Gasteiger partial charge is 0.410 e. The number of carbonyl (C=O) groups is 1. The van der Waals surface area contributed by atoms with E-state index in [1.165, 1.54) is 17.0 Å². The number of carbonyl (C=O) groups excluding carboxylic acids is 1. The van der Waals surface area contributed by atoms with Crippen LogP contribution in [0.5, 0.6) is 5.75 Å². The summed E-state index contributed by atoms with van der Waals surface area (Å²) in [4.78, 5) is 19.0. The van der Waals surface area contributed by atoms with Crippen LogP contribution in [0.2, 0.25) is 0 Å². The van der Waals surface area contributed by atoms with Gasteiger partial charge in [-0.15, -0.1) is 0 Å². The minimum absolute atomic E-state index is 0.225. The van der Waals surface area contributed by atoms with Gasteiger partial charge in [0.25, 0.3) is 0 Å². The molecule has 5 rings (SSSR count). The first kappa shape index (κ1) is 26.9. The Morgan fingerprint density at radius 3 is 2.73 bits per heavy atom. The number of fused-ring (bicyclic) bond motifs is 3. The van der Waals surface area contributed by atoms with Gasteiger partial charge in [-0.05, 0) is 73.4 Å². The summed E-state index contributed by atoms with van der Waals surface area (Å²) in [5, 5.41) is 9.23. The fraction of sp³-hybridized carbons (Fsp3) is 0.281. The van der Waals surface area contributed by atoms with Crippen LogP contribution in [0, 0.1) is 17.1 Å². The van der Waals surface area contributed by atoms with E-state index in [1.54, 1.807) is 13.1 Å². The third kappa shape index (κ3) is 5.69. The van der Waals surface area contributed by atoms with Gasteiger partial charge in [0, 0.05) is 25.2 Å². The molecule has 0 spiro atoms. The van der Waals surface area contributed by atoms with Gasteiger partial charge in [0.2, 0.25) is 0 Å². The molecule has 1 amide bonds. The van der Waals surface area contributed by atoms with Crippen molar-refractivity contribution in [2.75, 3.05) is 7.05 Å². The van der Waals surface area contributed by atoms with E-state index in [0.717, 1.165) is 44.7 Å². The number of hydrogen-bond donors (Lipinski definition) is 0. The molecule has 40 heavy (non-hydrogen) atoms. The molecule has 0 radical (unpaired) electrons. The summed E-state index contributed by atoms with van der Waals surface area (Å²) >= 11 is 0. The standard InChI is InChI=1S/C32H31FN4O3/c1-32(2,3)40-31(38)36(4)19-30-35-27-9-5-6-10-28(27)37(30)18-21-11-13-24-22(16-21)20-39-29-17-23(33)12-14-26(29)25(24)8-7-15-34/h5-6,8-14,16-17H,7,18-20H2,1-4H3/b25-8+. The number of para-hydroxylation sites is 2. The zero-order chi connectivity index (χ0) is 28.4. The van der Waals surface area contributed by atoms with Crippen LogP contribution in [0.1, 0.15) is 55.3 Å². The van der Waals surface area contributed by atoms with Crippen LogP contribution in [0.25, 0.3) is 16.6 Å². The number of rotatable bonds is 5. The van der Waals surface area contributed by atoms with Gasteiger partial charge in [-0.25, -0.2) is 14.2 Å². The zero-order valence-electron chi connectivity index (χ0n) is 23.1. The van der Waals surface area contributed by atoms with E-state index < -0.39 is 11.7 Å². The Balaban J connectivity index is 1.49. The van der Waals surface area contributed by atoms with Crippen molar-refractivity contribution in [2.45, 2.75) is 52.5 Å². The van der Waals surface area contributed by atoms with Crippen molar-refractivity contribution < 1.29 is 18.7 Å². The van der Waals surface area contributed by atoms with Crippen LogP contribution < -0.4 is 4.74 Å². The quantitative estimate of drug-likeness (QED) is 0.278. The summed E-state index contributed by atoms with van der Waals surface area (Å²) < 4.78 is 27.7. The minimum Gasteiger partial charge on any atom is -0.488 e. The van der Waals surface area contributed by atoms with E-state index in [0.29, 0.717) is 12.3 Å². The number of benzene rings is 3. The molecule has 7 nitrogen and oxygen atoms in total. The first-order valence-electron chi connectivity index (χ1n) is 13.1. The predicted molar refractivity (Wildman–Crippen MR) is 151 cm³/mol. The second kappa shape index (κ2) is 10.9. The molecule has 0 aliphatic carbocycles. The molecule has 3 aromatic carbocycles. The summed E-state index contributed by atoms with van der Waals surface area (Å²) in [6.07, 6.45) is 1.67. The normalized spacial score (nSPS) is 13.7. The average Bonchev–Trinajstić information content (AvgIpc) is 3.16. The summed E-state index contributed by atoms with van der Waals surface area (Å²) in [5.41, 5.74) is 5.72. The molecule has 0 N–H and O–H groups in total. The molecular formula is C32H31FN4O3. The lowest BCUT2D eigenvalue weighted by Crippen LogP contribution is -2.34. The highest BCUT2D eigenvalue weighted by Crippen LogP contribution is 2.38. The lowest BCUT2D eigenvalue weighted by molar-refractivity contribution is 0.0279. The van der Waals surface area contributed by atoms with Crippen LogP contribution >= 0.6 is 0 Å². The molecule has 0 saturated heterocycles. The number of halogens is 1. The summed E-state index contributed by atoms with van der Waals surface area (Å²) in [6, 6.07) is 20.7. The lowest BCUT2D eigenvalue weighted by Gasteiger charge is -2.24. The molecule has 0 atom stereocenters. The van der Waals surface area contributed by atoms with E-state index in [4.69, 9.17) is 14.5 Å². The van der Waals surface area contributed by atoms with Crippen LogP contribution in [-0.4, -0.2) is 33.2 Å². The van der Waals surface area contributed by atoms with Crippen LogP contribution in [0.3, 0.4) is 0 Å². The molecule has 1 aliphatic heterocycles. The van der Waals surface area contributed by atoms with Crippen LogP contribution in [-0.2, 0) is 24.4 Å². The van der Waals surface area contributed by atoms with Crippen molar-refractivity contribution in [3.8, 4) is 11.8 Å². The molecule has 0 saturated carbocycles. The lowest BCUT2D eigenvalue weighted by atomic mass is 9.92. The molecule has 0 bridgehead atoms. The summed E-state index contributed by atoms with van der Waals surface area (Å²) in [5.74, 6) is 0.814. The Hall–Kier alpha value is -4.64. The van der Waals surface area contributed by atoms with E-state index in [9.17, 15) is 14.4 Å². The van der Waals surface area contributed by atoms with E-state index in [-0.39, 0.29) is 25.4 Å². The first-order chi connectivity index (χ1) is 19.1. The maximum atomic E-state index is 14.0. The van der Waals surface area contributed by atoms with E-state index >= 15 is 0 Å². The number of nitriles is 1. The first-order valence-corrected chi connectivity index (χ1v) is 13.1. The SMILES string of the molecule is CN(Cc1nc2ccccc2n1Cc1ccc2c(c1)COc1cc(F)ccc1/C2=C/CC#N)C(=O)OC(C)(C)C. The van der Waals surface area contributed by atoms with E-state index in [1.807, 2.05) is 63.2 Å². The van der Waals surface area contributed by atoms with Crippen LogP contribution in [0.4, 0.5) is 9.18 Å². The maximum absolute atomic E-state index is 14.0. The number of hydrogen-bond acceptors (Lipinski definition) is 5. The van der Waals surface area contributed by atoms with Crippen molar-refractivity contribution in [1.29, 1.82) is 5.26 Å². The largest absolute Gasteiger partial charge is 0.488 e. The molecule has 8 heteroatoms. The molecule has 0 unspecified atom stereocenters. The van der Waals surface area contributed by atoms with Gasteiger partial charge in [0.05, 0.1) is 30.1 Å². The van der Waals surface area contributed by atoms with Gasteiger partial charge < -0.3 is 18.9 Å². The Morgan fingerprint density at radius 1 is 1.18 bits per heavy atom. The number of aromatic nitrogens is 2. The average molecular weight is 539 g/mol. The third-order valence-electron chi connectivity index (χ3n) is 6.63. The Bertz CT molecular complexity index is 1660. The second-order valence-corrected chi connectivity index (χ2v) is 10.8. The fourth-order valence-corrected chi connectivity index (χ4v) is 4.86. The monoisotopic (exact) mass is 538 g/mol. The number of amides is 1.